The number of amides is 1. The lowest BCUT2D eigenvalue weighted by Crippen LogP contribution is -2.20. The summed E-state index contributed by atoms with van der Waals surface area (Å²) < 4.78 is 17.4. The lowest BCUT2D eigenvalue weighted by Gasteiger charge is -2.05. The third-order valence-electron chi connectivity index (χ3n) is 2.07. The van der Waals surface area contributed by atoms with E-state index in [9.17, 15) is 9.18 Å². The standard InChI is InChI=1S/C12H15FN2O2/c1-3-11(14-15-12(16)17-4-2)9-5-7-10(13)8-6-9/h5-8H,3-4H2,1-2H3,(H,15,16)/b14-11-. The Morgan fingerprint density at radius 1 is 1.35 bits per heavy atom. The summed E-state index contributed by atoms with van der Waals surface area (Å²) >= 11 is 0. The summed E-state index contributed by atoms with van der Waals surface area (Å²) in [6, 6.07) is 5.94. The maximum absolute atomic E-state index is 12.7. The number of ether oxygens (including phenoxy) is 1. The maximum atomic E-state index is 12.7. The number of halogens is 1. The van der Waals surface area contributed by atoms with E-state index in [0.29, 0.717) is 18.7 Å². The first-order valence-electron chi connectivity index (χ1n) is 5.42. The number of hydrogen-bond acceptors (Lipinski definition) is 3. The monoisotopic (exact) mass is 238 g/mol. The Morgan fingerprint density at radius 3 is 2.53 bits per heavy atom. The molecule has 0 heterocycles. The highest BCUT2D eigenvalue weighted by atomic mass is 19.1. The second-order valence-corrected chi connectivity index (χ2v) is 3.25. The molecule has 0 saturated carbocycles. The molecule has 1 aromatic carbocycles. The fraction of sp³-hybridized carbons (Fsp3) is 0.333. The van der Waals surface area contributed by atoms with Crippen molar-refractivity contribution in [3.63, 3.8) is 0 Å². The Balaban J connectivity index is 2.73. The molecule has 1 N–H and O–H groups in total. The van der Waals surface area contributed by atoms with Crippen LogP contribution >= 0.6 is 0 Å². The van der Waals surface area contributed by atoms with E-state index in [2.05, 4.69) is 15.3 Å². The molecule has 4 nitrogen and oxygen atoms in total. The van der Waals surface area contributed by atoms with Crippen LogP contribution in [0.2, 0.25) is 0 Å². The highest BCUT2D eigenvalue weighted by Gasteiger charge is 2.03. The molecule has 0 aliphatic carbocycles. The summed E-state index contributed by atoms with van der Waals surface area (Å²) in [5.41, 5.74) is 3.71. The zero-order valence-electron chi connectivity index (χ0n) is 9.87. The summed E-state index contributed by atoms with van der Waals surface area (Å²) in [5.74, 6) is -0.303. The van der Waals surface area contributed by atoms with Crippen LogP contribution in [0.25, 0.3) is 0 Å². The van der Waals surface area contributed by atoms with Crippen molar-refractivity contribution in [1.82, 2.24) is 5.43 Å². The van der Waals surface area contributed by atoms with E-state index < -0.39 is 6.09 Å². The van der Waals surface area contributed by atoms with Crippen molar-refractivity contribution in [3.05, 3.63) is 35.6 Å². The molecule has 1 rings (SSSR count). The van der Waals surface area contributed by atoms with Gasteiger partial charge in [-0.05, 0) is 31.0 Å². The molecule has 0 aromatic heterocycles. The zero-order valence-corrected chi connectivity index (χ0v) is 9.87. The van der Waals surface area contributed by atoms with E-state index in [1.165, 1.54) is 12.1 Å². The topological polar surface area (TPSA) is 50.7 Å². The number of carbonyl (C=O) groups excluding carboxylic acids is 1. The van der Waals surface area contributed by atoms with Gasteiger partial charge in [0.1, 0.15) is 5.82 Å². The molecule has 0 radical (unpaired) electrons. The molecule has 0 aliphatic heterocycles. The third kappa shape index (κ3) is 4.22. The molecule has 0 spiro atoms. The average molecular weight is 238 g/mol. The van der Waals surface area contributed by atoms with E-state index >= 15 is 0 Å². The first-order valence-corrected chi connectivity index (χ1v) is 5.42. The Labute approximate surface area is 99.5 Å². The molecule has 0 unspecified atom stereocenters. The van der Waals surface area contributed by atoms with Crippen LogP contribution in [0.4, 0.5) is 9.18 Å². The van der Waals surface area contributed by atoms with Crippen LogP contribution in [0, 0.1) is 5.82 Å². The van der Waals surface area contributed by atoms with E-state index in [1.54, 1.807) is 19.1 Å². The molecule has 0 saturated heterocycles. The Morgan fingerprint density at radius 2 is 2.00 bits per heavy atom. The normalized spacial score (nSPS) is 11.1. The van der Waals surface area contributed by atoms with E-state index in [-0.39, 0.29) is 5.82 Å². The lowest BCUT2D eigenvalue weighted by molar-refractivity contribution is 0.152. The second kappa shape index (κ2) is 6.62. The van der Waals surface area contributed by atoms with Gasteiger partial charge in [0.05, 0.1) is 12.3 Å². The van der Waals surface area contributed by atoms with Gasteiger partial charge < -0.3 is 4.74 Å². The lowest BCUT2D eigenvalue weighted by atomic mass is 10.1. The van der Waals surface area contributed by atoms with E-state index in [1.807, 2.05) is 6.92 Å². The predicted molar refractivity (Wildman–Crippen MR) is 63.4 cm³/mol. The molecule has 0 aliphatic rings. The van der Waals surface area contributed by atoms with Crippen molar-refractivity contribution in [2.75, 3.05) is 6.61 Å². The number of nitrogens with zero attached hydrogens (tertiary/aromatic N) is 1. The third-order valence-corrected chi connectivity index (χ3v) is 2.07. The van der Waals surface area contributed by atoms with Crippen molar-refractivity contribution in [1.29, 1.82) is 0 Å². The quantitative estimate of drug-likeness (QED) is 0.647. The molecule has 1 amide bonds. The highest BCUT2D eigenvalue weighted by molar-refractivity contribution is 6.00. The Bertz CT molecular complexity index is 401. The fourth-order valence-corrected chi connectivity index (χ4v) is 1.27. The predicted octanol–water partition coefficient (Wildman–Crippen LogP) is 2.69. The summed E-state index contributed by atoms with van der Waals surface area (Å²) in [6.45, 7) is 3.90. The summed E-state index contributed by atoms with van der Waals surface area (Å²) in [5, 5.41) is 3.93. The average Bonchev–Trinajstić information content (AvgIpc) is 2.32. The molecule has 0 atom stereocenters. The first kappa shape index (κ1) is 13.2. The molecule has 92 valence electrons. The van der Waals surface area contributed by atoms with Crippen LogP contribution < -0.4 is 5.43 Å². The molecular weight excluding hydrogens is 223 g/mol. The second-order valence-electron chi connectivity index (χ2n) is 3.25. The van der Waals surface area contributed by atoms with Gasteiger partial charge in [0, 0.05) is 0 Å². The van der Waals surface area contributed by atoms with Gasteiger partial charge in [-0.15, -0.1) is 0 Å². The van der Waals surface area contributed by atoms with E-state index in [4.69, 9.17) is 0 Å². The van der Waals surface area contributed by atoms with Crippen LogP contribution in [0.3, 0.4) is 0 Å². The SMILES string of the molecule is CCOC(=O)N/N=C(/CC)c1ccc(F)cc1. The Hall–Kier alpha value is -1.91. The van der Waals surface area contributed by atoms with Gasteiger partial charge >= 0.3 is 6.09 Å². The van der Waals surface area contributed by atoms with Crippen molar-refractivity contribution >= 4 is 11.8 Å². The van der Waals surface area contributed by atoms with Crippen molar-refractivity contribution < 1.29 is 13.9 Å². The van der Waals surface area contributed by atoms with Gasteiger partial charge in [0.15, 0.2) is 0 Å². The minimum atomic E-state index is -0.597. The summed E-state index contributed by atoms with van der Waals surface area (Å²) in [7, 11) is 0. The number of benzene rings is 1. The summed E-state index contributed by atoms with van der Waals surface area (Å²) in [6.07, 6.45) is 0.0264. The minimum absolute atomic E-state index is 0.291. The maximum Gasteiger partial charge on any atom is 0.427 e. The van der Waals surface area contributed by atoms with Crippen molar-refractivity contribution in [3.8, 4) is 0 Å². The molecule has 5 heteroatoms. The number of hydrogen-bond donors (Lipinski definition) is 1. The van der Waals surface area contributed by atoms with Gasteiger partial charge in [-0.25, -0.2) is 14.6 Å². The molecule has 0 bridgehead atoms. The van der Waals surface area contributed by atoms with Crippen molar-refractivity contribution in [2.45, 2.75) is 20.3 Å². The number of carbonyl (C=O) groups is 1. The van der Waals surface area contributed by atoms with E-state index in [0.717, 1.165) is 5.56 Å². The van der Waals surface area contributed by atoms with Gasteiger partial charge in [-0.2, -0.15) is 5.10 Å². The molecular formula is C12H15FN2O2. The van der Waals surface area contributed by atoms with Crippen molar-refractivity contribution in [2.24, 2.45) is 5.10 Å². The first-order chi connectivity index (χ1) is 8.17. The Kier molecular flexibility index (Phi) is 5.13. The van der Waals surface area contributed by atoms with Crippen LogP contribution in [0.15, 0.2) is 29.4 Å². The van der Waals surface area contributed by atoms with Gasteiger partial charge in [-0.1, -0.05) is 19.1 Å². The van der Waals surface area contributed by atoms with Gasteiger partial charge in [0.25, 0.3) is 0 Å². The summed E-state index contributed by atoms with van der Waals surface area (Å²) in [4.78, 5) is 11.0. The fourth-order valence-electron chi connectivity index (χ4n) is 1.27. The van der Waals surface area contributed by atoms with Crippen LogP contribution in [0.1, 0.15) is 25.8 Å². The molecule has 17 heavy (non-hydrogen) atoms. The van der Waals surface area contributed by atoms with Gasteiger partial charge in [0.2, 0.25) is 0 Å². The largest absolute Gasteiger partial charge is 0.449 e. The number of rotatable bonds is 4. The molecule has 0 fully saturated rings. The van der Waals surface area contributed by atoms with Crippen LogP contribution in [0.5, 0.6) is 0 Å². The highest BCUT2D eigenvalue weighted by Crippen LogP contribution is 2.06. The number of nitrogens with one attached hydrogen (secondary N) is 1. The van der Waals surface area contributed by atoms with Crippen LogP contribution in [-0.2, 0) is 4.74 Å². The minimum Gasteiger partial charge on any atom is -0.449 e. The smallest absolute Gasteiger partial charge is 0.427 e. The zero-order chi connectivity index (χ0) is 12.7. The molecule has 1 aromatic rings. The van der Waals surface area contributed by atoms with Gasteiger partial charge in [-0.3, -0.25) is 0 Å². The number of hydrazone groups is 1. The van der Waals surface area contributed by atoms with Crippen LogP contribution in [-0.4, -0.2) is 18.4 Å².